The summed E-state index contributed by atoms with van der Waals surface area (Å²) in [6, 6.07) is 11.1. The Morgan fingerprint density at radius 1 is 1.21 bits per heavy atom. The second-order valence-corrected chi connectivity index (χ2v) is 5.91. The van der Waals surface area contributed by atoms with Gasteiger partial charge in [0.05, 0.1) is 4.88 Å². The van der Waals surface area contributed by atoms with Crippen molar-refractivity contribution in [3.63, 3.8) is 0 Å². The highest BCUT2D eigenvalue weighted by Crippen LogP contribution is 2.21. The van der Waals surface area contributed by atoms with Crippen LogP contribution in [-0.4, -0.2) is 17.9 Å². The molecule has 0 atom stereocenters. The average molecular weight is 290 g/mol. The van der Waals surface area contributed by atoms with Crippen LogP contribution >= 0.6 is 23.6 Å². The number of aryl methyl sites for hydroxylation is 1. The minimum atomic E-state index is -0.0128. The van der Waals surface area contributed by atoms with Gasteiger partial charge in [-0.25, -0.2) is 0 Å². The lowest BCUT2D eigenvalue weighted by Crippen LogP contribution is -2.25. The first kappa shape index (κ1) is 13.7. The number of nitrogens with two attached hydrogens (primary N) is 1. The fourth-order valence-electron chi connectivity index (χ4n) is 1.68. The molecule has 3 nitrogen and oxygen atoms in total. The Hall–Kier alpha value is -1.72. The van der Waals surface area contributed by atoms with E-state index in [1.165, 1.54) is 11.3 Å². The summed E-state index contributed by atoms with van der Waals surface area (Å²) in [6.45, 7) is 1.98. The molecule has 1 aromatic carbocycles. The standard InChI is InChI=1S/C14H14N2OS2/c1-9-3-8-12(19-9)14(17)16(2)11-6-4-10(5-7-11)13(15)18/h3-8H,1-2H3,(H2,15,18). The summed E-state index contributed by atoms with van der Waals surface area (Å²) in [5, 5.41) is 0. The maximum absolute atomic E-state index is 12.3. The number of hydrogen-bond acceptors (Lipinski definition) is 3. The van der Waals surface area contributed by atoms with E-state index in [9.17, 15) is 4.79 Å². The molecular formula is C14H14N2OS2. The summed E-state index contributed by atoms with van der Waals surface area (Å²) in [4.78, 5) is 16.1. The smallest absolute Gasteiger partial charge is 0.268 e. The minimum absolute atomic E-state index is 0.0128. The molecule has 19 heavy (non-hydrogen) atoms. The number of thiophene rings is 1. The SMILES string of the molecule is Cc1ccc(C(=O)N(C)c2ccc(C(N)=S)cc2)s1. The van der Waals surface area contributed by atoms with Crippen molar-refractivity contribution in [2.45, 2.75) is 6.92 Å². The molecule has 0 radical (unpaired) electrons. The zero-order valence-electron chi connectivity index (χ0n) is 10.7. The van der Waals surface area contributed by atoms with Crippen molar-refractivity contribution in [2.75, 3.05) is 11.9 Å². The Bertz CT molecular complexity index is 617. The monoisotopic (exact) mass is 290 g/mol. The average Bonchev–Trinajstić information content (AvgIpc) is 2.84. The van der Waals surface area contributed by atoms with E-state index in [2.05, 4.69) is 0 Å². The first-order valence-corrected chi connectivity index (χ1v) is 6.96. The van der Waals surface area contributed by atoms with Crippen molar-refractivity contribution in [3.05, 3.63) is 51.7 Å². The second-order valence-electron chi connectivity index (χ2n) is 4.19. The topological polar surface area (TPSA) is 46.3 Å². The van der Waals surface area contributed by atoms with Crippen LogP contribution in [0.3, 0.4) is 0 Å². The maximum Gasteiger partial charge on any atom is 0.268 e. The molecule has 0 aliphatic heterocycles. The molecule has 0 fully saturated rings. The van der Waals surface area contributed by atoms with Gasteiger partial charge in [-0.2, -0.15) is 0 Å². The number of anilines is 1. The van der Waals surface area contributed by atoms with Gasteiger partial charge in [0.2, 0.25) is 0 Å². The molecule has 2 aromatic rings. The van der Waals surface area contributed by atoms with Crippen LogP contribution in [0.25, 0.3) is 0 Å². The van der Waals surface area contributed by atoms with Gasteiger partial charge in [-0.05, 0) is 43.3 Å². The molecule has 2 rings (SSSR count). The van der Waals surface area contributed by atoms with Crippen LogP contribution in [-0.2, 0) is 0 Å². The van der Waals surface area contributed by atoms with Crippen LogP contribution in [0.4, 0.5) is 5.69 Å². The Kier molecular flexibility index (Phi) is 3.97. The Morgan fingerprint density at radius 3 is 2.32 bits per heavy atom. The lowest BCUT2D eigenvalue weighted by Gasteiger charge is -2.16. The highest BCUT2D eigenvalue weighted by atomic mass is 32.1. The van der Waals surface area contributed by atoms with E-state index in [0.29, 0.717) is 4.99 Å². The number of carbonyl (C=O) groups excluding carboxylic acids is 1. The lowest BCUT2D eigenvalue weighted by atomic mass is 10.2. The number of hydrogen-bond donors (Lipinski definition) is 1. The quantitative estimate of drug-likeness (QED) is 0.884. The molecule has 5 heteroatoms. The lowest BCUT2D eigenvalue weighted by molar-refractivity contribution is 0.0997. The molecule has 0 aliphatic rings. The predicted molar refractivity (Wildman–Crippen MR) is 84.1 cm³/mol. The highest BCUT2D eigenvalue weighted by molar-refractivity contribution is 7.80. The van der Waals surface area contributed by atoms with E-state index in [0.717, 1.165) is 21.0 Å². The molecule has 1 amide bonds. The van der Waals surface area contributed by atoms with Crippen LogP contribution in [0.15, 0.2) is 36.4 Å². The maximum atomic E-state index is 12.3. The van der Waals surface area contributed by atoms with E-state index in [1.54, 1.807) is 11.9 Å². The number of amides is 1. The van der Waals surface area contributed by atoms with E-state index >= 15 is 0 Å². The zero-order valence-corrected chi connectivity index (χ0v) is 12.3. The first-order chi connectivity index (χ1) is 8.99. The van der Waals surface area contributed by atoms with Crippen molar-refractivity contribution >= 4 is 40.1 Å². The molecule has 0 spiro atoms. The van der Waals surface area contributed by atoms with Crippen molar-refractivity contribution in [1.29, 1.82) is 0 Å². The molecular weight excluding hydrogens is 276 g/mol. The number of carbonyl (C=O) groups is 1. The van der Waals surface area contributed by atoms with Crippen molar-refractivity contribution in [2.24, 2.45) is 5.73 Å². The number of benzene rings is 1. The van der Waals surface area contributed by atoms with Crippen LogP contribution in [0.5, 0.6) is 0 Å². The highest BCUT2D eigenvalue weighted by Gasteiger charge is 2.15. The molecule has 0 unspecified atom stereocenters. The van der Waals surface area contributed by atoms with E-state index in [-0.39, 0.29) is 5.91 Å². The fourth-order valence-corrected chi connectivity index (χ4v) is 2.66. The molecule has 1 heterocycles. The predicted octanol–water partition coefficient (Wildman–Crippen LogP) is 2.97. The molecule has 0 saturated carbocycles. The third kappa shape index (κ3) is 3.00. The minimum Gasteiger partial charge on any atom is -0.389 e. The van der Waals surface area contributed by atoms with Gasteiger partial charge in [0, 0.05) is 23.2 Å². The largest absolute Gasteiger partial charge is 0.389 e. The van der Waals surface area contributed by atoms with Crippen molar-refractivity contribution in [1.82, 2.24) is 0 Å². The van der Waals surface area contributed by atoms with E-state index in [4.69, 9.17) is 18.0 Å². The van der Waals surface area contributed by atoms with Gasteiger partial charge in [0.15, 0.2) is 0 Å². The van der Waals surface area contributed by atoms with Gasteiger partial charge in [0.1, 0.15) is 4.99 Å². The second kappa shape index (κ2) is 5.50. The Balaban J connectivity index is 2.21. The van der Waals surface area contributed by atoms with Gasteiger partial charge in [-0.15, -0.1) is 11.3 Å². The third-order valence-electron chi connectivity index (χ3n) is 2.79. The first-order valence-electron chi connectivity index (χ1n) is 5.73. The molecule has 0 saturated heterocycles. The van der Waals surface area contributed by atoms with Gasteiger partial charge in [-0.3, -0.25) is 4.79 Å². The van der Waals surface area contributed by atoms with Gasteiger partial charge in [-0.1, -0.05) is 12.2 Å². The molecule has 2 N–H and O–H groups in total. The summed E-state index contributed by atoms with van der Waals surface area (Å²) in [5.41, 5.74) is 7.16. The van der Waals surface area contributed by atoms with Crippen LogP contribution in [0.2, 0.25) is 0 Å². The Morgan fingerprint density at radius 2 is 1.84 bits per heavy atom. The normalized spacial score (nSPS) is 10.2. The molecule has 1 aromatic heterocycles. The molecule has 98 valence electrons. The van der Waals surface area contributed by atoms with Gasteiger partial charge < -0.3 is 10.6 Å². The summed E-state index contributed by atoms with van der Waals surface area (Å²) < 4.78 is 0. The van der Waals surface area contributed by atoms with E-state index in [1.807, 2.05) is 43.3 Å². The van der Waals surface area contributed by atoms with Crippen molar-refractivity contribution < 1.29 is 4.79 Å². The third-order valence-corrected chi connectivity index (χ3v) is 4.02. The number of thiocarbonyl (C=S) groups is 1. The molecule has 0 aliphatic carbocycles. The fraction of sp³-hybridized carbons (Fsp3) is 0.143. The Labute approximate surface area is 121 Å². The van der Waals surface area contributed by atoms with Crippen LogP contribution in [0.1, 0.15) is 20.1 Å². The van der Waals surface area contributed by atoms with Crippen LogP contribution < -0.4 is 10.6 Å². The van der Waals surface area contributed by atoms with Crippen molar-refractivity contribution in [3.8, 4) is 0 Å². The van der Waals surface area contributed by atoms with E-state index < -0.39 is 0 Å². The summed E-state index contributed by atoms with van der Waals surface area (Å²) in [6.07, 6.45) is 0. The summed E-state index contributed by atoms with van der Waals surface area (Å²) in [7, 11) is 1.76. The number of rotatable bonds is 3. The molecule has 0 bridgehead atoms. The summed E-state index contributed by atoms with van der Waals surface area (Å²) >= 11 is 6.40. The number of nitrogens with zero attached hydrogens (tertiary/aromatic N) is 1. The van der Waals surface area contributed by atoms with Gasteiger partial charge in [0.25, 0.3) is 5.91 Å². The zero-order chi connectivity index (χ0) is 14.0. The van der Waals surface area contributed by atoms with Crippen LogP contribution in [0, 0.1) is 6.92 Å². The summed E-state index contributed by atoms with van der Waals surface area (Å²) in [5.74, 6) is -0.0128. The van der Waals surface area contributed by atoms with Gasteiger partial charge >= 0.3 is 0 Å².